The minimum absolute atomic E-state index is 0.567. The summed E-state index contributed by atoms with van der Waals surface area (Å²) in [5.41, 5.74) is 1.19. The van der Waals surface area contributed by atoms with Gasteiger partial charge in [0.05, 0.1) is 0 Å². The second-order valence-corrected chi connectivity index (χ2v) is 13.9. The summed E-state index contributed by atoms with van der Waals surface area (Å²) >= 11 is 1.57. The molecule has 0 aromatic carbocycles. The topological polar surface area (TPSA) is 23.8 Å². The zero-order chi connectivity index (χ0) is 21.5. The van der Waals surface area contributed by atoms with E-state index in [1.54, 1.807) is 11.8 Å². The van der Waals surface area contributed by atoms with Crippen molar-refractivity contribution in [1.82, 2.24) is 0 Å². The number of rotatable bonds is 6. The number of nitrogens with zero attached hydrogens (tertiary/aromatic N) is 1. The summed E-state index contributed by atoms with van der Waals surface area (Å²) in [5.74, 6) is 6.60. The lowest BCUT2D eigenvalue weighted by Crippen LogP contribution is -2.54. The summed E-state index contributed by atoms with van der Waals surface area (Å²) in [6.45, 7) is 12.7. The summed E-state index contributed by atoms with van der Waals surface area (Å²) < 4.78 is 0. The van der Waals surface area contributed by atoms with E-state index in [9.17, 15) is 0 Å². The van der Waals surface area contributed by atoms with Crippen molar-refractivity contribution in [1.29, 1.82) is 5.26 Å². The molecule has 0 spiro atoms. The van der Waals surface area contributed by atoms with Crippen LogP contribution in [0.1, 0.15) is 112 Å². The summed E-state index contributed by atoms with van der Waals surface area (Å²) in [7, 11) is 0. The molecular weight excluding hydrogens is 382 g/mol. The fraction of sp³-hybridized carbons (Fsp3) is 0.964. The third-order valence-corrected chi connectivity index (χ3v) is 11.9. The molecule has 0 radical (unpaired) electrons. The minimum Gasteiger partial charge on any atom is -0.185 e. The zero-order valence-electron chi connectivity index (χ0n) is 20.5. The molecule has 170 valence electrons. The SMILES string of the molecule is CC(C)CCC[C@@H](C)[C@H]1CC[C@H]2[C@@H]3CC[C@H]4C[C@H](SC#N)CC[C@]4(C)[C@H]3CC[C@]12C. The third-order valence-electron chi connectivity index (χ3n) is 11.0. The first-order chi connectivity index (χ1) is 14.3. The predicted octanol–water partition coefficient (Wildman–Crippen LogP) is 8.69. The molecule has 4 fully saturated rings. The Labute approximate surface area is 191 Å². The standard InChI is InChI=1S/C28H47NS/c1-19(2)7-6-8-20(3)24-11-12-25-23-10-9-21-17-22(30-18-29)13-15-27(21,4)26(23)14-16-28(24,25)5/h19-26H,6-17H2,1-5H3/t20-,21+,22-,23+,24-,25+,26+,27+,28-/m1/s1. The number of hydrogen-bond acceptors (Lipinski definition) is 2. The van der Waals surface area contributed by atoms with Crippen LogP contribution in [0.3, 0.4) is 0 Å². The number of thioether (sulfide) groups is 1. The number of nitriles is 1. The quantitative estimate of drug-likeness (QED) is 0.394. The van der Waals surface area contributed by atoms with Gasteiger partial charge in [0.1, 0.15) is 5.40 Å². The minimum atomic E-state index is 0.567. The maximum Gasteiger partial charge on any atom is 0.133 e. The van der Waals surface area contributed by atoms with Crippen molar-refractivity contribution in [3.8, 4) is 5.40 Å². The molecule has 0 saturated heterocycles. The van der Waals surface area contributed by atoms with Gasteiger partial charge in [-0.05, 0) is 122 Å². The molecular formula is C28H47NS. The van der Waals surface area contributed by atoms with E-state index in [2.05, 4.69) is 40.0 Å². The first-order valence-corrected chi connectivity index (χ1v) is 14.2. The maximum atomic E-state index is 9.16. The fourth-order valence-corrected chi connectivity index (χ4v) is 10.1. The summed E-state index contributed by atoms with van der Waals surface area (Å²) in [6, 6.07) is 0. The molecule has 0 N–H and O–H groups in total. The van der Waals surface area contributed by atoms with E-state index >= 15 is 0 Å². The van der Waals surface area contributed by atoms with Gasteiger partial charge in [-0.2, -0.15) is 5.26 Å². The second kappa shape index (κ2) is 9.00. The average Bonchev–Trinajstić information content (AvgIpc) is 3.05. The van der Waals surface area contributed by atoms with Gasteiger partial charge in [-0.3, -0.25) is 0 Å². The van der Waals surface area contributed by atoms with E-state index in [1.165, 1.54) is 77.0 Å². The van der Waals surface area contributed by atoms with E-state index < -0.39 is 0 Å². The van der Waals surface area contributed by atoms with Crippen molar-refractivity contribution in [2.24, 2.45) is 52.3 Å². The molecule has 4 aliphatic carbocycles. The van der Waals surface area contributed by atoms with E-state index in [0.29, 0.717) is 16.1 Å². The van der Waals surface area contributed by atoms with Crippen molar-refractivity contribution in [2.45, 2.75) is 117 Å². The van der Waals surface area contributed by atoms with Gasteiger partial charge in [0.2, 0.25) is 0 Å². The second-order valence-electron chi connectivity index (χ2n) is 12.8. The van der Waals surface area contributed by atoms with Crippen LogP contribution in [-0.2, 0) is 0 Å². The van der Waals surface area contributed by atoms with Gasteiger partial charge in [0.15, 0.2) is 0 Å². The van der Waals surface area contributed by atoms with Gasteiger partial charge < -0.3 is 0 Å². The average molecular weight is 430 g/mol. The highest BCUT2D eigenvalue weighted by molar-refractivity contribution is 8.04. The van der Waals surface area contributed by atoms with Crippen molar-refractivity contribution in [3.05, 3.63) is 0 Å². The summed E-state index contributed by atoms with van der Waals surface area (Å²) in [6.07, 6.45) is 17.2. The Hall–Kier alpha value is -0.160. The first kappa shape index (κ1) is 23.0. The molecule has 9 atom stereocenters. The van der Waals surface area contributed by atoms with Crippen LogP contribution in [-0.4, -0.2) is 5.25 Å². The molecule has 4 saturated carbocycles. The van der Waals surface area contributed by atoms with E-state index in [0.717, 1.165) is 41.4 Å². The molecule has 0 aromatic heterocycles. The van der Waals surface area contributed by atoms with Crippen molar-refractivity contribution in [3.63, 3.8) is 0 Å². The van der Waals surface area contributed by atoms with Crippen LogP contribution in [0.15, 0.2) is 0 Å². The Morgan fingerprint density at radius 3 is 2.37 bits per heavy atom. The normalized spacial score (nSPS) is 46.6. The van der Waals surface area contributed by atoms with Crippen LogP contribution in [0.2, 0.25) is 0 Å². The Balaban J connectivity index is 1.44. The van der Waals surface area contributed by atoms with Crippen LogP contribution in [0, 0.1) is 62.9 Å². The van der Waals surface area contributed by atoms with Gasteiger partial charge in [-0.1, -0.05) is 53.9 Å². The molecule has 0 aromatic rings. The van der Waals surface area contributed by atoms with Crippen LogP contribution in [0.4, 0.5) is 0 Å². The highest BCUT2D eigenvalue weighted by atomic mass is 32.2. The summed E-state index contributed by atoms with van der Waals surface area (Å²) in [4.78, 5) is 0. The van der Waals surface area contributed by atoms with Gasteiger partial charge in [-0.15, -0.1) is 0 Å². The monoisotopic (exact) mass is 429 g/mol. The zero-order valence-corrected chi connectivity index (χ0v) is 21.3. The lowest BCUT2D eigenvalue weighted by Gasteiger charge is -2.61. The Kier molecular flexibility index (Phi) is 6.90. The fourth-order valence-electron chi connectivity index (χ4n) is 9.42. The first-order valence-electron chi connectivity index (χ1n) is 13.3. The van der Waals surface area contributed by atoms with Crippen molar-refractivity contribution in [2.75, 3.05) is 0 Å². The van der Waals surface area contributed by atoms with Gasteiger partial charge in [0, 0.05) is 5.25 Å². The van der Waals surface area contributed by atoms with Crippen molar-refractivity contribution >= 4 is 11.8 Å². The van der Waals surface area contributed by atoms with E-state index in [4.69, 9.17) is 5.26 Å². The predicted molar refractivity (Wildman–Crippen MR) is 130 cm³/mol. The maximum absolute atomic E-state index is 9.16. The third kappa shape index (κ3) is 4.00. The molecule has 0 unspecified atom stereocenters. The smallest absolute Gasteiger partial charge is 0.133 e. The molecule has 0 bridgehead atoms. The lowest BCUT2D eigenvalue weighted by molar-refractivity contribution is -0.113. The van der Waals surface area contributed by atoms with E-state index in [-0.39, 0.29) is 0 Å². The van der Waals surface area contributed by atoms with Crippen LogP contribution < -0.4 is 0 Å². The van der Waals surface area contributed by atoms with Crippen LogP contribution >= 0.6 is 11.8 Å². The molecule has 30 heavy (non-hydrogen) atoms. The molecule has 0 heterocycles. The Morgan fingerprint density at radius 2 is 1.63 bits per heavy atom. The van der Waals surface area contributed by atoms with Gasteiger partial charge in [0.25, 0.3) is 0 Å². The molecule has 0 amide bonds. The molecule has 1 nitrogen and oxygen atoms in total. The molecule has 4 rings (SSSR count). The van der Waals surface area contributed by atoms with Gasteiger partial charge >= 0.3 is 0 Å². The van der Waals surface area contributed by atoms with Crippen LogP contribution in [0.25, 0.3) is 0 Å². The lowest BCUT2D eigenvalue weighted by atomic mass is 9.44. The summed E-state index contributed by atoms with van der Waals surface area (Å²) in [5, 5.41) is 12.2. The van der Waals surface area contributed by atoms with Gasteiger partial charge in [-0.25, -0.2) is 0 Å². The number of hydrogen-bond donors (Lipinski definition) is 0. The van der Waals surface area contributed by atoms with E-state index in [1.807, 2.05) is 0 Å². The molecule has 0 aliphatic heterocycles. The Morgan fingerprint density at radius 1 is 0.900 bits per heavy atom. The van der Waals surface area contributed by atoms with Crippen LogP contribution in [0.5, 0.6) is 0 Å². The highest BCUT2D eigenvalue weighted by Crippen LogP contribution is 2.68. The largest absolute Gasteiger partial charge is 0.185 e. The molecule has 4 aliphatic rings. The Bertz CT molecular complexity index is 637. The molecule has 2 heteroatoms. The van der Waals surface area contributed by atoms with Crippen molar-refractivity contribution < 1.29 is 0 Å². The number of fused-ring (bicyclic) bond motifs is 5. The number of thiocyanates is 1. The highest BCUT2D eigenvalue weighted by Gasteiger charge is 2.60.